The molecule has 1 aromatic heterocycles. The lowest BCUT2D eigenvalue weighted by atomic mass is 10.0. The second-order valence-corrected chi connectivity index (χ2v) is 10.0. The van der Waals surface area contributed by atoms with Gasteiger partial charge in [-0.05, 0) is 65.7 Å². The molecule has 0 N–H and O–H groups in total. The molecule has 0 aromatic carbocycles. The molecule has 2 rings (SSSR count). The largest absolute Gasteiger partial charge is 0.475 e. The molecule has 0 fully saturated rings. The summed E-state index contributed by atoms with van der Waals surface area (Å²) in [5.74, 6) is 0.395. The minimum atomic E-state index is -0.561. The first kappa shape index (κ1) is 25.8. The van der Waals surface area contributed by atoms with Crippen LogP contribution in [0.5, 0.6) is 5.88 Å². The first-order chi connectivity index (χ1) is 14.7. The number of nitrogens with zero attached hydrogens (tertiary/aromatic N) is 3. The number of hydrogen-bond acceptors (Lipinski definition) is 6. The number of amides is 2. The quantitative estimate of drug-likeness (QED) is 0.566. The summed E-state index contributed by atoms with van der Waals surface area (Å²) in [5.41, 5.74) is 0.742. The van der Waals surface area contributed by atoms with Crippen LogP contribution in [-0.2, 0) is 9.47 Å². The van der Waals surface area contributed by atoms with Crippen molar-refractivity contribution in [3.05, 3.63) is 28.9 Å². The first-order valence-electron chi connectivity index (χ1n) is 10.7. The van der Waals surface area contributed by atoms with Crippen LogP contribution in [0, 0.1) is 0 Å². The lowest BCUT2D eigenvalue weighted by Crippen LogP contribution is -2.39. The predicted octanol–water partition coefficient (Wildman–Crippen LogP) is 5.00. The Morgan fingerprint density at radius 3 is 2.34 bits per heavy atom. The summed E-state index contributed by atoms with van der Waals surface area (Å²) in [6.45, 7) is 12.5. The molecule has 0 bridgehead atoms. The summed E-state index contributed by atoms with van der Waals surface area (Å²) in [7, 11) is 1.65. The zero-order valence-corrected chi connectivity index (χ0v) is 20.8. The fourth-order valence-electron chi connectivity index (χ4n) is 2.89. The normalized spacial score (nSPS) is 14.5. The molecule has 0 unspecified atom stereocenters. The molecule has 8 nitrogen and oxygen atoms in total. The zero-order chi connectivity index (χ0) is 24.1. The topological polar surface area (TPSA) is 81.2 Å². The molecule has 0 radical (unpaired) electrons. The molecule has 0 spiro atoms. The van der Waals surface area contributed by atoms with E-state index in [9.17, 15) is 9.59 Å². The summed E-state index contributed by atoms with van der Waals surface area (Å²) >= 11 is 6.08. The number of ether oxygens (including phenoxy) is 3. The number of rotatable bonds is 5. The smallest absolute Gasteiger partial charge is 0.410 e. The summed E-state index contributed by atoms with van der Waals surface area (Å²) in [5, 5.41) is 0.316. The van der Waals surface area contributed by atoms with E-state index in [4.69, 9.17) is 25.8 Å². The molecule has 9 heteroatoms. The third-order valence-corrected chi connectivity index (χ3v) is 4.61. The van der Waals surface area contributed by atoms with Crippen molar-refractivity contribution in [2.24, 2.45) is 0 Å². The second-order valence-electron chi connectivity index (χ2n) is 9.64. The zero-order valence-electron chi connectivity index (χ0n) is 20.0. The molecule has 1 aliphatic rings. The molecule has 0 aliphatic carbocycles. The van der Waals surface area contributed by atoms with Gasteiger partial charge in [0.2, 0.25) is 5.88 Å². The van der Waals surface area contributed by atoms with E-state index < -0.39 is 17.3 Å². The number of carbonyl (C=O) groups is 2. The monoisotopic (exact) mass is 467 g/mol. The Labute approximate surface area is 195 Å². The van der Waals surface area contributed by atoms with E-state index in [1.165, 1.54) is 4.90 Å². The average molecular weight is 468 g/mol. The van der Waals surface area contributed by atoms with Gasteiger partial charge in [0.05, 0.1) is 6.54 Å². The molecule has 1 aliphatic heterocycles. The fraction of sp³-hybridized carbons (Fsp3) is 0.609. The standard InChI is InChI=1S/C23H34ClN3O5/c1-22(2,3)31-20(28)26(7)14-15-30-19-17(8-9-18(24)25-19)16-10-12-27(13-11-16)21(29)32-23(4,5)6/h8-10H,11-15H2,1-7H3. The third-order valence-electron chi connectivity index (χ3n) is 4.40. The summed E-state index contributed by atoms with van der Waals surface area (Å²) in [6, 6.07) is 3.56. The molecule has 0 saturated carbocycles. The van der Waals surface area contributed by atoms with Gasteiger partial charge >= 0.3 is 12.2 Å². The summed E-state index contributed by atoms with van der Waals surface area (Å²) in [6.07, 6.45) is 1.86. The maximum Gasteiger partial charge on any atom is 0.410 e. The van der Waals surface area contributed by atoms with Gasteiger partial charge in [-0.15, -0.1) is 0 Å². The number of carbonyl (C=O) groups excluding carboxylic acids is 2. The van der Waals surface area contributed by atoms with E-state index in [0.717, 1.165) is 11.1 Å². The molecule has 0 saturated heterocycles. The van der Waals surface area contributed by atoms with E-state index >= 15 is 0 Å². The minimum Gasteiger partial charge on any atom is -0.475 e. The molecular formula is C23H34ClN3O5. The van der Waals surface area contributed by atoms with Crippen molar-refractivity contribution >= 4 is 29.4 Å². The Bertz CT molecular complexity index is 858. The Kier molecular flexibility index (Phi) is 8.40. The van der Waals surface area contributed by atoms with Gasteiger partial charge in [-0.2, -0.15) is 0 Å². The van der Waals surface area contributed by atoms with Crippen LogP contribution >= 0.6 is 11.6 Å². The second kappa shape index (κ2) is 10.4. The SMILES string of the molecule is CN(CCOc1nc(Cl)ccc1C1=CCN(C(=O)OC(C)(C)C)CC1)C(=O)OC(C)(C)C. The van der Waals surface area contributed by atoms with Gasteiger partial charge in [0.1, 0.15) is 23.0 Å². The number of aromatic nitrogens is 1. The Hall–Kier alpha value is -2.48. The van der Waals surface area contributed by atoms with E-state index in [1.54, 1.807) is 18.0 Å². The van der Waals surface area contributed by atoms with Crippen molar-refractivity contribution in [1.29, 1.82) is 0 Å². The molecular weight excluding hydrogens is 434 g/mol. The van der Waals surface area contributed by atoms with Crippen LogP contribution in [0.1, 0.15) is 53.5 Å². The van der Waals surface area contributed by atoms with Crippen molar-refractivity contribution in [1.82, 2.24) is 14.8 Å². The van der Waals surface area contributed by atoms with E-state index in [-0.39, 0.29) is 12.7 Å². The van der Waals surface area contributed by atoms with Gasteiger partial charge in [-0.3, -0.25) is 0 Å². The van der Waals surface area contributed by atoms with Gasteiger partial charge in [0.15, 0.2) is 0 Å². The average Bonchev–Trinajstić information content (AvgIpc) is 2.65. The lowest BCUT2D eigenvalue weighted by Gasteiger charge is -2.30. The predicted molar refractivity (Wildman–Crippen MR) is 124 cm³/mol. The summed E-state index contributed by atoms with van der Waals surface area (Å²) in [4.78, 5) is 31.8. The Balaban J connectivity index is 2.01. The van der Waals surface area contributed by atoms with E-state index in [2.05, 4.69) is 4.98 Å². The van der Waals surface area contributed by atoms with Crippen LogP contribution in [0.25, 0.3) is 5.57 Å². The Morgan fingerprint density at radius 1 is 1.12 bits per heavy atom. The van der Waals surface area contributed by atoms with Crippen LogP contribution in [0.2, 0.25) is 5.15 Å². The molecule has 32 heavy (non-hydrogen) atoms. The van der Waals surface area contributed by atoms with Gasteiger partial charge in [0.25, 0.3) is 0 Å². The maximum atomic E-state index is 12.3. The highest BCUT2D eigenvalue weighted by molar-refractivity contribution is 6.29. The van der Waals surface area contributed by atoms with Crippen LogP contribution in [-0.4, -0.2) is 71.5 Å². The van der Waals surface area contributed by atoms with Crippen molar-refractivity contribution in [2.45, 2.75) is 59.2 Å². The van der Waals surface area contributed by atoms with Gasteiger partial charge in [-0.1, -0.05) is 17.7 Å². The molecule has 178 valence electrons. The highest BCUT2D eigenvalue weighted by atomic mass is 35.5. The van der Waals surface area contributed by atoms with Gasteiger partial charge < -0.3 is 24.0 Å². The highest BCUT2D eigenvalue weighted by Crippen LogP contribution is 2.30. The van der Waals surface area contributed by atoms with Crippen molar-refractivity contribution < 1.29 is 23.8 Å². The third kappa shape index (κ3) is 8.22. The molecule has 2 heterocycles. The van der Waals surface area contributed by atoms with Crippen molar-refractivity contribution in [3.63, 3.8) is 0 Å². The van der Waals surface area contributed by atoms with Gasteiger partial charge in [-0.25, -0.2) is 14.6 Å². The molecule has 0 atom stereocenters. The van der Waals surface area contributed by atoms with Crippen molar-refractivity contribution in [2.75, 3.05) is 33.3 Å². The fourth-order valence-corrected chi connectivity index (χ4v) is 3.03. The lowest BCUT2D eigenvalue weighted by molar-refractivity contribution is 0.0262. The minimum absolute atomic E-state index is 0.230. The van der Waals surface area contributed by atoms with Crippen LogP contribution < -0.4 is 4.74 Å². The van der Waals surface area contributed by atoms with Crippen LogP contribution in [0.4, 0.5) is 9.59 Å². The van der Waals surface area contributed by atoms with Gasteiger partial charge in [0, 0.05) is 25.7 Å². The first-order valence-corrected chi connectivity index (χ1v) is 11.0. The van der Waals surface area contributed by atoms with E-state index in [0.29, 0.717) is 37.1 Å². The number of pyridine rings is 1. The molecule has 2 amide bonds. The summed E-state index contributed by atoms with van der Waals surface area (Å²) < 4.78 is 16.7. The maximum absolute atomic E-state index is 12.3. The molecule has 1 aromatic rings. The van der Waals surface area contributed by atoms with Crippen LogP contribution in [0.3, 0.4) is 0 Å². The van der Waals surface area contributed by atoms with Crippen LogP contribution in [0.15, 0.2) is 18.2 Å². The number of likely N-dealkylation sites (N-methyl/N-ethyl adjacent to an activating group) is 1. The highest BCUT2D eigenvalue weighted by Gasteiger charge is 2.25. The number of halogens is 1. The Morgan fingerprint density at radius 2 is 1.78 bits per heavy atom. The number of hydrogen-bond donors (Lipinski definition) is 0. The van der Waals surface area contributed by atoms with E-state index in [1.807, 2.05) is 53.7 Å². The van der Waals surface area contributed by atoms with Crippen molar-refractivity contribution in [3.8, 4) is 5.88 Å².